The van der Waals surface area contributed by atoms with E-state index in [1.807, 2.05) is 14.1 Å². The first kappa shape index (κ1) is 10.3. The normalized spacial score (nSPS) is 10.5. The zero-order valence-electron chi connectivity index (χ0n) is 7.44. The third-order valence-electron chi connectivity index (χ3n) is 1.44. The Bertz CT molecular complexity index is 315. The van der Waals surface area contributed by atoms with E-state index >= 15 is 0 Å². The van der Waals surface area contributed by atoms with E-state index in [-0.39, 0.29) is 5.82 Å². The number of halogens is 2. The number of rotatable bonds is 2. The van der Waals surface area contributed by atoms with E-state index in [1.165, 1.54) is 6.07 Å². The van der Waals surface area contributed by atoms with Crippen LogP contribution in [0.2, 0.25) is 0 Å². The molecular formula is C8H11BrFN3. The van der Waals surface area contributed by atoms with Gasteiger partial charge in [0.1, 0.15) is 5.82 Å². The summed E-state index contributed by atoms with van der Waals surface area (Å²) in [6.07, 6.45) is 0. The standard InChI is InChI=1S/C8H11BrFN3/c1-13(2)12-8-3-5(9)6(10)4-7(8)11/h3-4,12H,11H2,1-2H3. The van der Waals surface area contributed by atoms with Crippen LogP contribution in [0.4, 0.5) is 15.8 Å². The second-order valence-electron chi connectivity index (χ2n) is 2.86. The average molecular weight is 248 g/mol. The Hall–Kier alpha value is -0.810. The van der Waals surface area contributed by atoms with Gasteiger partial charge in [0.25, 0.3) is 0 Å². The number of nitrogens with zero attached hydrogens (tertiary/aromatic N) is 1. The van der Waals surface area contributed by atoms with E-state index < -0.39 is 0 Å². The zero-order chi connectivity index (χ0) is 10.0. The Morgan fingerprint density at radius 1 is 1.46 bits per heavy atom. The monoisotopic (exact) mass is 247 g/mol. The van der Waals surface area contributed by atoms with Crippen LogP contribution in [0, 0.1) is 5.82 Å². The first-order chi connectivity index (χ1) is 6.00. The molecule has 1 aromatic rings. The molecule has 0 bridgehead atoms. The predicted octanol–water partition coefficient (Wildman–Crippen LogP) is 2.06. The molecule has 0 saturated carbocycles. The number of hydrogen-bond donors (Lipinski definition) is 2. The minimum absolute atomic E-state index is 0.359. The lowest BCUT2D eigenvalue weighted by atomic mass is 10.3. The number of nitrogen functional groups attached to an aromatic ring is 1. The van der Waals surface area contributed by atoms with Crippen molar-refractivity contribution in [2.45, 2.75) is 0 Å². The van der Waals surface area contributed by atoms with Crippen molar-refractivity contribution >= 4 is 27.3 Å². The van der Waals surface area contributed by atoms with Crippen LogP contribution in [0.5, 0.6) is 0 Å². The maximum Gasteiger partial charge on any atom is 0.139 e. The summed E-state index contributed by atoms with van der Waals surface area (Å²) in [6, 6.07) is 2.88. The average Bonchev–Trinajstić information content (AvgIpc) is 1.99. The molecule has 0 amide bonds. The molecule has 0 spiro atoms. The first-order valence-electron chi connectivity index (χ1n) is 3.69. The highest BCUT2D eigenvalue weighted by atomic mass is 79.9. The van der Waals surface area contributed by atoms with Gasteiger partial charge < -0.3 is 11.2 Å². The first-order valence-corrected chi connectivity index (χ1v) is 4.48. The molecule has 5 heteroatoms. The summed E-state index contributed by atoms with van der Waals surface area (Å²) in [4.78, 5) is 0. The molecule has 0 atom stereocenters. The summed E-state index contributed by atoms with van der Waals surface area (Å²) < 4.78 is 13.3. The molecule has 0 saturated heterocycles. The third-order valence-corrected chi connectivity index (χ3v) is 2.04. The van der Waals surface area contributed by atoms with E-state index in [2.05, 4.69) is 21.4 Å². The maximum absolute atomic E-state index is 12.9. The van der Waals surface area contributed by atoms with Crippen molar-refractivity contribution in [3.05, 3.63) is 22.4 Å². The van der Waals surface area contributed by atoms with E-state index in [4.69, 9.17) is 5.73 Å². The van der Waals surface area contributed by atoms with E-state index in [1.54, 1.807) is 11.1 Å². The number of hydrazine groups is 1. The van der Waals surface area contributed by atoms with Gasteiger partial charge in [-0.05, 0) is 22.0 Å². The van der Waals surface area contributed by atoms with Gasteiger partial charge in [0.2, 0.25) is 0 Å². The van der Waals surface area contributed by atoms with Gasteiger partial charge in [-0.3, -0.25) is 0 Å². The molecule has 72 valence electrons. The number of nitrogens with one attached hydrogen (secondary N) is 1. The predicted molar refractivity (Wildman–Crippen MR) is 55.8 cm³/mol. The number of nitrogens with two attached hydrogens (primary N) is 1. The zero-order valence-corrected chi connectivity index (χ0v) is 9.02. The number of anilines is 2. The molecule has 0 aliphatic carbocycles. The van der Waals surface area contributed by atoms with Gasteiger partial charge in [-0.15, -0.1) is 0 Å². The molecule has 0 aliphatic heterocycles. The third kappa shape index (κ3) is 2.57. The summed E-state index contributed by atoms with van der Waals surface area (Å²) in [6.45, 7) is 0. The molecular weight excluding hydrogens is 237 g/mol. The Morgan fingerprint density at radius 2 is 2.08 bits per heavy atom. The molecule has 0 unspecified atom stereocenters. The van der Waals surface area contributed by atoms with Gasteiger partial charge in [-0.1, -0.05) is 0 Å². The van der Waals surface area contributed by atoms with Crippen LogP contribution in [0.1, 0.15) is 0 Å². The lowest BCUT2D eigenvalue weighted by Gasteiger charge is -2.15. The summed E-state index contributed by atoms with van der Waals surface area (Å²) in [7, 11) is 3.66. The van der Waals surface area contributed by atoms with Crippen LogP contribution < -0.4 is 11.2 Å². The van der Waals surface area contributed by atoms with Crippen LogP contribution >= 0.6 is 15.9 Å². The van der Waals surface area contributed by atoms with Crippen molar-refractivity contribution in [1.29, 1.82) is 0 Å². The quantitative estimate of drug-likeness (QED) is 0.621. The largest absolute Gasteiger partial charge is 0.397 e. The minimum Gasteiger partial charge on any atom is -0.397 e. The molecule has 1 aromatic carbocycles. The molecule has 0 radical (unpaired) electrons. The number of benzene rings is 1. The smallest absolute Gasteiger partial charge is 0.139 e. The Balaban J connectivity index is 3.01. The van der Waals surface area contributed by atoms with Crippen molar-refractivity contribution in [2.75, 3.05) is 25.3 Å². The van der Waals surface area contributed by atoms with Crippen molar-refractivity contribution in [2.24, 2.45) is 0 Å². The lowest BCUT2D eigenvalue weighted by Crippen LogP contribution is -2.20. The maximum atomic E-state index is 12.9. The SMILES string of the molecule is CN(C)Nc1cc(Br)c(F)cc1N. The molecule has 0 aliphatic rings. The van der Waals surface area contributed by atoms with Gasteiger partial charge in [0.15, 0.2) is 0 Å². The van der Waals surface area contributed by atoms with Crippen LogP contribution in [-0.4, -0.2) is 19.1 Å². The van der Waals surface area contributed by atoms with E-state index in [0.717, 1.165) is 0 Å². The molecule has 0 heterocycles. The molecule has 0 aromatic heterocycles. The fourth-order valence-electron chi connectivity index (χ4n) is 0.900. The summed E-state index contributed by atoms with van der Waals surface area (Å²) in [5, 5.41) is 1.73. The lowest BCUT2D eigenvalue weighted by molar-refractivity contribution is 0.495. The van der Waals surface area contributed by atoms with Gasteiger partial charge in [-0.25, -0.2) is 9.40 Å². The van der Waals surface area contributed by atoms with Crippen molar-refractivity contribution in [1.82, 2.24) is 5.01 Å². The highest BCUT2D eigenvalue weighted by Gasteiger charge is 2.05. The highest BCUT2D eigenvalue weighted by Crippen LogP contribution is 2.26. The minimum atomic E-state index is -0.359. The van der Waals surface area contributed by atoms with E-state index in [9.17, 15) is 4.39 Å². The molecule has 0 fully saturated rings. The van der Waals surface area contributed by atoms with E-state index in [0.29, 0.717) is 15.8 Å². The molecule has 13 heavy (non-hydrogen) atoms. The van der Waals surface area contributed by atoms with Gasteiger partial charge in [0.05, 0.1) is 15.8 Å². The van der Waals surface area contributed by atoms with Crippen LogP contribution in [0.25, 0.3) is 0 Å². The Kier molecular flexibility index (Phi) is 3.11. The van der Waals surface area contributed by atoms with Crippen LogP contribution in [0.15, 0.2) is 16.6 Å². The summed E-state index contributed by atoms with van der Waals surface area (Å²) in [5.41, 5.74) is 9.60. The van der Waals surface area contributed by atoms with Crippen molar-refractivity contribution in [3.63, 3.8) is 0 Å². The topological polar surface area (TPSA) is 41.3 Å². The van der Waals surface area contributed by atoms with Gasteiger partial charge >= 0.3 is 0 Å². The molecule has 3 N–H and O–H groups in total. The second kappa shape index (κ2) is 3.93. The molecule has 1 rings (SSSR count). The summed E-state index contributed by atoms with van der Waals surface area (Å²) >= 11 is 3.08. The second-order valence-corrected chi connectivity index (χ2v) is 3.71. The summed E-state index contributed by atoms with van der Waals surface area (Å²) in [5.74, 6) is -0.359. The molecule has 3 nitrogen and oxygen atoms in total. The highest BCUT2D eigenvalue weighted by molar-refractivity contribution is 9.10. The fraction of sp³-hybridized carbons (Fsp3) is 0.250. The fourth-order valence-corrected chi connectivity index (χ4v) is 1.24. The van der Waals surface area contributed by atoms with Gasteiger partial charge in [0, 0.05) is 20.2 Å². The van der Waals surface area contributed by atoms with Crippen molar-refractivity contribution in [3.8, 4) is 0 Å². The Labute approximate surface area is 84.8 Å². The Morgan fingerprint density at radius 3 is 2.62 bits per heavy atom. The van der Waals surface area contributed by atoms with Crippen LogP contribution in [-0.2, 0) is 0 Å². The van der Waals surface area contributed by atoms with Crippen molar-refractivity contribution < 1.29 is 4.39 Å². The number of hydrogen-bond acceptors (Lipinski definition) is 3. The van der Waals surface area contributed by atoms with Crippen LogP contribution in [0.3, 0.4) is 0 Å². The van der Waals surface area contributed by atoms with Gasteiger partial charge in [-0.2, -0.15) is 0 Å².